The van der Waals surface area contributed by atoms with Crippen LogP contribution in [-0.2, 0) is 65.4 Å². The molecule has 0 spiro atoms. The largest absolute Gasteiger partial charge is 0.472 e. The van der Waals surface area contributed by atoms with Gasteiger partial charge in [0.15, 0.2) is 12.2 Å². The fraction of sp³-hybridized carbons (Fsp3) is 0.766. The number of aliphatic hydroxyl groups is 1. The molecule has 0 aromatic heterocycles. The molecule has 0 bridgehead atoms. The minimum atomic E-state index is -4.97. The molecule has 0 aliphatic heterocycles. The number of carbonyl (C=O) groups excluding carboxylic acids is 4. The van der Waals surface area contributed by atoms with Gasteiger partial charge in [-0.3, -0.25) is 37.3 Å². The van der Waals surface area contributed by atoms with Gasteiger partial charge in [0.2, 0.25) is 0 Å². The van der Waals surface area contributed by atoms with E-state index in [-0.39, 0.29) is 25.7 Å². The fourth-order valence-corrected chi connectivity index (χ4v) is 11.7. The van der Waals surface area contributed by atoms with Crippen molar-refractivity contribution in [3.05, 3.63) is 85.1 Å². The Balaban J connectivity index is 5.31. The van der Waals surface area contributed by atoms with Gasteiger partial charge in [0.05, 0.1) is 26.4 Å². The number of hydrogen-bond acceptors (Lipinski definition) is 15. The minimum Gasteiger partial charge on any atom is -0.462 e. The van der Waals surface area contributed by atoms with Gasteiger partial charge >= 0.3 is 39.5 Å². The van der Waals surface area contributed by atoms with E-state index in [9.17, 15) is 43.2 Å². The Morgan fingerprint density at radius 2 is 0.552 bits per heavy atom. The highest BCUT2D eigenvalue weighted by Crippen LogP contribution is 2.45. The van der Waals surface area contributed by atoms with Gasteiger partial charge in [0, 0.05) is 25.7 Å². The highest BCUT2D eigenvalue weighted by Gasteiger charge is 2.30. The molecule has 0 heterocycles. The minimum absolute atomic E-state index is 0.0834. The van der Waals surface area contributed by atoms with Gasteiger partial charge in [-0.15, -0.1) is 0 Å². The van der Waals surface area contributed by atoms with Gasteiger partial charge in [-0.25, -0.2) is 9.13 Å². The normalized spacial score (nSPS) is 14.4. The first-order valence-electron chi connectivity index (χ1n) is 37.8. The number of unbranched alkanes of at least 4 members (excludes halogenated alkanes) is 31. The molecule has 0 saturated carbocycles. The number of hydrogen-bond donors (Lipinski definition) is 3. The lowest BCUT2D eigenvalue weighted by atomic mass is 10.0. The van der Waals surface area contributed by atoms with Gasteiger partial charge in [-0.1, -0.05) is 273 Å². The molecule has 0 aliphatic rings. The van der Waals surface area contributed by atoms with Crippen molar-refractivity contribution >= 4 is 39.5 Å². The van der Waals surface area contributed by atoms with Crippen molar-refractivity contribution in [1.29, 1.82) is 0 Å². The molecule has 0 rings (SSSR count). The number of aliphatic hydroxyl groups excluding tert-OH is 1. The second-order valence-corrected chi connectivity index (χ2v) is 28.1. The Labute approximate surface area is 583 Å². The summed E-state index contributed by atoms with van der Waals surface area (Å²) in [6.07, 6.45) is 70.1. The Morgan fingerprint density at radius 1 is 0.302 bits per heavy atom. The molecule has 0 amide bonds. The molecule has 96 heavy (non-hydrogen) atoms. The van der Waals surface area contributed by atoms with Crippen LogP contribution in [0.2, 0.25) is 0 Å². The topological polar surface area (TPSA) is 237 Å². The first-order chi connectivity index (χ1) is 46.7. The summed E-state index contributed by atoms with van der Waals surface area (Å²) in [6, 6.07) is 0. The monoisotopic (exact) mass is 1390 g/mol. The summed E-state index contributed by atoms with van der Waals surface area (Å²) in [5.41, 5.74) is 0. The van der Waals surface area contributed by atoms with Crippen LogP contribution >= 0.6 is 15.6 Å². The van der Waals surface area contributed by atoms with Crippen LogP contribution in [0.4, 0.5) is 0 Å². The van der Waals surface area contributed by atoms with E-state index in [1.165, 1.54) is 64.2 Å². The summed E-state index contributed by atoms with van der Waals surface area (Å²) in [6.45, 7) is 4.60. The molecular weight excluding hydrogens is 1260 g/mol. The average Bonchev–Trinajstić information content (AvgIpc) is 1.13. The molecule has 0 aromatic rings. The predicted molar refractivity (Wildman–Crippen MR) is 390 cm³/mol. The van der Waals surface area contributed by atoms with Crippen LogP contribution < -0.4 is 0 Å². The fourth-order valence-electron chi connectivity index (χ4n) is 10.1. The van der Waals surface area contributed by atoms with Gasteiger partial charge in [0.1, 0.15) is 19.3 Å². The third-order valence-electron chi connectivity index (χ3n) is 15.9. The molecule has 19 heteroatoms. The average molecular weight is 1400 g/mol. The number of phosphoric ester groups is 2. The molecule has 5 atom stereocenters. The summed E-state index contributed by atoms with van der Waals surface area (Å²) in [7, 11) is -9.94. The summed E-state index contributed by atoms with van der Waals surface area (Å²) in [4.78, 5) is 72.8. The van der Waals surface area contributed by atoms with Gasteiger partial charge in [-0.05, 0) is 109 Å². The summed E-state index contributed by atoms with van der Waals surface area (Å²) < 4.78 is 68.4. The number of esters is 4. The number of phosphoric acid groups is 2. The lowest BCUT2D eigenvalue weighted by Crippen LogP contribution is -2.30. The third kappa shape index (κ3) is 68.8. The lowest BCUT2D eigenvalue weighted by Gasteiger charge is -2.21. The van der Waals surface area contributed by atoms with E-state index in [1.807, 2.05) is 0 Å². The molecule has 0 fully saturated rings. The molecular formula is C77H136O17P2. The van der Waals surface area contributed by atoms with E-state index in [0.29, 0.717) is 25.7 Å². The van der Waals surface area contributed by atoms with Crippen LogP contribution in [0.3, 0.4) is 0 Å². The number of ether oxygens (including phenoxy) is 4. The van der Waals surface area contributed by atoms with Gasteiger partial charge in [-0.2, -0.15) is 0 Å². The van der Waals surface area contributed by atoms with Crippen LogP contribution in [0.1, 0.15) is 323 Å². The highest BCUT2D eigenvalue weighted by molar-refractivity contribution is 7.47. The molecule has 556 valence electrons. The number of carbonyl (C=O) groups is 4. The smallest absolute Gasteiger partial charge is 0.462 e. The van der Waals surface area contributed by atoms with E-state index >= 15 is 0 Å². The first kappa shape index (κ1) is 92.2. The zero-order chi connectivity index (χ0) is 70.4. The van der Waals surface area contributed by atoms with E-state index < -0.39 is 97.5 Å². The zero-order valence-corrected chi connectivity index (χ0v) is 62.3. The second-order valence-electron chi connectivity index (χ2n) is 25.2. The van der Waals surface area contributed by atoms with Crippen LogP contribution in [0, 0.1) is 0 Å². The van der Waals surface area contributed by atoms with E-state index in [4.69, 9.17) is 37.0 Å². The SMILES string of the molecule is CC/C=C\C/C=C\C/C=C\CCCCCCCCCC(=O)OCC(COP(=O)(O)OCC(O)COP(=O)(O)OCC(COC(=O)CCCCCCC/C=C\C/C=C\C/C=C\CC)OC(=O)CCCCCCCCCCCCCCC)OC(=O)CCCCCCC/C=C\CCCC. The van der Waals surface area contributed by atoms with Crippen molar-refractivity contribution in [2.24, 2.45) is 0 Å². The van der Waals surface area contributed by atoms with Crippen molar-refractivity contribution in [3.8, 4) is 0 Å². The number of allylic oxidation sites excluding steroid dienone is 14. The van der Waals surface area contributed by atoms with Crippen molar-refractivity contribution < 1.29 is 80.2 Å². The third-order valence-corrected chi connectivity index (χ3v) is 17.8. The van der Waals surface area contributed by atoms with Gasteiger partial charge < -0.3 is 33.8 Å². The predicted octanol–water partition coefficient (Wildman–Crippen LogP) is 21.4. The molecule has 5 unspecified atom stereocenters. The Morgan fingerprint density at radius 3 is 0.875 bits per heavy atom. The molecule has 3 N–H and O–H groups in total. The molecule has 17 nitrogen and oxygen atoms in total. The van der Waals surface area contributed by atoms with Crippen LogP contribution in [0.25, 0.3) is 0 Å². The Kier molecular flexibility index (Phi) is 67.0. The van der Waals surface area contributed by atoms with Crippen molar-refractivity contribution in [2.75, 3.05) is 39.6 Å². The maximum Gasteiger partial charge on any atom is 0.472 e. The quantitative estimate of drug-likeness (QED) is 0.0169. The molecule has 0 radical (unpaired) electrons. The van der Waals surface area contributed by atoms with Crippen molar-refractivity contribution in [2.45, 2.75) is 341 Å². The van der Waals surface area contributed by atoms with E-state index in [0.717, 1.165) is 180 Å². The van der Waals surface area contributed by atoms with Crippen LogP contribution in [-0.4, -0.2) is 96.7 Å². The summed E-state index contributed by atoms with van der Waals surface area (Å²) in [5.74, 6) is -2.19. The molecule has 0 saturated heterocycles. The van der Waals surface area contributed by atoms with Crippen molar-refractivity contribution in [3.63, 3.8) is 0 Å². The van der Waals surface area contributed by atoms with Crippen molar-refractivity contribution in [1.82, 2.24) is 0 Å². The summed E-state index contributed by atoms with van der Waals surface area (Å²) >= 11 is 0. The van der Waals surface area contributed by atoms with Crippen LogP contribution in [0.5, 0.6) is 0 Å². The summed E-state index contributed by atoms with van der Waals surface area (Å²) in [5, 5.41) is 10.6. The molecule has 0 aliphatic carbocycles. The number of rotatable bonds is 71. The standard InChI is InChI=1S/C77H136O17P2/c1-5-9-13-17-21-25-29-32-34-35-37-40-43-46-50-54-58-62-75(80)87-67-72(93-76(81)63-59-55-51-47-41-28-24-20-16-12-8-4)69-91-95(83,84)89-65-71(78)66-90-96(85,86)92-70-73(94-77(82)64-60-56-52-48-44-38-31-27-23-19-15-11-7-3)68-88-74(79)61-57-53-49-45-42-39-36-33-30-26-22-18-14-10-6-2/h9-10,13-14,20-22,24-26,32-34,36,71-73,78H,5-8,11-12,15-19,23,27-31,35,37-70H2,1-4H3,(H,83,84)(H,85,86)/b13-9-,14-10-,24-20-,25-21-,26-22-,34-32-,36-33-. The Bertz CT molecular complexity index is 2160. The maximum atomic E-state index is 13.1. The Hall–Kier alpha value is -3.76. The highest BCUT2D eigenvalue weighted by atomic mass is 31.2. The lowest BCUT2D eigenvalue weighted by molar-refractivity contribution is -0.161. The second kappa shape index (κ2) is 69.7. The van der Waals surface area contributed by atoms with E-state index in [1.54, 1.807) is 0 Å². The van der Waals surface area contributed by atoms with Gasteiger partial charge in [0.25, 0.3) is 0 Å². The molecule has 0 aromatic carbocycles. The maximum absolute atomic E-state index is 13.1. The van der Waals surface area contributed by atoms with E-state index in [2.05, 4.69) is 113 Å². The first-order valence-corrected chi connectivity index (χ1v) is 40.8. The zero-order valence-electron chi connectivity index (χ0n) is 60.5. The van der Waals surface area contributed by atoms with Crippen LogP contribution in [0.15, 0.2) is 85.1 Å².